The molecule has 0 bridgehead atoms. The maximum absolute atomic E-state index is 12.0. The maximum Gasteiger partial charge on any atom is 0.330 e. The van der Waals surface area contributed by atoms with E-state index in [0.29, 0.717) is 25.8 Å². The number of urea groups is 1. The van der Waals surface area contributed by atoms with Gasteiger partial charge in [-0.25, -0.2) is 4.79 Å². The smallest absolute Gasteiger partial charge is 0.277 e. The van der Waals surface area contributed by atoms with Crippen molar-refractivity contribution < 1.29 is 14.4 Å². The van der Waals surface area contributed by atoms with Gasteiger partial charge < -0.3 is 0 Å². The minimum absolute atomic E-state index is 0.302. The maximum atomic E-state index is 12.0. The highest BCUT2D eigenvalue weighted by molar-refractivity contribution is 6.19. The topological polar surface area (TPSA) is 66.5 Å². The van der Waals surface area contributed by atoms with E-state index in [9.17, 15) is 14.4 Å². The summed E-state index contributed by atoms with van der Waals surface area (Å²) < 4.78 is 0. The molecule has 1 saturated carbocycles. The predicted molar refractivity (Wildman–Crippen MR) is 51.8 cm³/mol. The minimum Gasteiger partial charge on any atom is -0.277 e. The number of amides is 4. The number of nitrogens with one attached hydrogen (secondary N) is 1. The fourth-order valence-electron chi connectivity index (χ4n) is 2.13. The van der Waals surface area contributed by atoms with Gasteiger partial charge in [0.2, 0.25) is 11.8 Å². The molecule has 1 heterocycles. The van der Waals surface area contributed by atoms with Gasteiger partial charge in [-0.3, -0.25) is 19.8 Å². The highest BCUT2D eigenvalue weighted by Crippen LogP contribution is 2.44. The Labute approximate surface area is 87.8 Å². The number of barbiturate groups is 1. The lowest BCUT2D eigenvalue weighted by atomic mass is 9.66. The Hall–Kier alpha value is -1.39. The molecule has 15 heavy (non-hydrogen) atoms. The zero-order valence-corrected chi connectivity index (χ0v) is 8.71. The first-order valence-electron chi connectivity index (χ1n) is 5.29. The monoisotopic (exact) mass is 210 g/mol. The van der Waals surface area contributed by atoms with E-state index in [1.54, 1.807) is 0 Å². The first-order chi connectivity index (χ1) is 7.12. The van der Waals surface area contributed by atoms with Crippen LogP contribution < -0.4 is 5.32 Å². The van der Waals surface area contributed by atoms with Gasteiger partial charge in [-0.15, -0.1) is 0 Å². The van der Waals surface area contributed by atoms with Gasteiger partial charge in [0.1, 0.15) is 5.41 Å². The normalized spacial score (nSPS) is 24.1. The second kappa shape index (κ2) is 3.32. The molecule has 1 spiro atoms. The van der Waals surface area contributed by atoms with Crippen molar-refractivity contribution in [2.75, 3.05) is 6.54 Å². The summed E-state index contributed by atoms with van der Waals surface area (Å²) in [5, 5.41) is 2.26. The predicted octanol–water partition coefficient (Wildman–Crippen LogP) is 0.645. The summed E-state index contributed by atoms with van der Waals surface area (Å²) in [5.74, 6) is -0.708. The number of hydrogen-bond donors (Lipinski definition) is 1. The zero-order valence-electron chi connectivity index (χ0n) is 8.71. The molecule has 0 aromatic rings. The van der Waals surface area contributed by atoms with Crippen LogP contribution in [0.2, 0.25) is 0 Å². The highest BCUT2D eigenvalue weighted by Gasteiger charge is 2.56. The minimum atomic E-state index is -0.914. The molecule has 1 aliphatic heterocycles. The second-order valence-corrected chi connectivity index (χ2v) is 4.15. The third-order valence-corrected chi connectivity index (χ3v) is 3.21. The zero-order chi connectivity index (χ0) is 11.1. The molecule has 2 fully saturated rings. The summed E-state index contributed by atoms with van der Waals surface area (Å²) in [4.78, 5) is 36.1. The third-order valence-electron chi connectivity index (χ3n) is 3.21. The summed E-state index contributed by atoms with van der Waals surface area (Å²) >= 11 is 0. The second-order valence-electron chi connectivity index (χ2n) is 4.15. The lowest BCUT2D eigenvalue weighted by Crippen LogP contribution is -2.66. The van der Waals surface area contributed by atoms with Gasteiger partial charge in [-0.05, 0) is 19.3 Å². The van der Waals surface area contributed by atoms with Crippen LogP contribution in [0.1, 0.15) is 32.6 Å². The van der Waals surface area contributed by atoms with Gasteiger partial charge in [0.15, 0.2) is 0 Å². The van der Waals surface area contributed by atoms with Crippen LogP contribution in [0.15, 0.2) is 0 Å². The van der Waals surface area contributed by atoms with E-state index >= 15 is 0 Å². The quantitative estimate of drug-likeness (QED) is 0.680. The molecule has 82 valence electrons. The Kier molecular flexibility index (Phi) is 2.25. The first-order valence-corrected chi connectivity index (χ1v) is 5.29. The molecule has 1 aliphatic carbocycles. The van der Waals surface area contributed by atoms with Crippen LogP contribution in [0.4, 0.5) is 4.79 Å². The lowest BCUT2D eigenvalue weighted by molar-refractivity contribution is -0.157. The fourth-order valence-corrected chi connectivity index (χ4v) is 2.13. The summed E-state index contributed by atoms with van der Waals surface area (Å²) in [6.07, 6.45) is 2.74. The van der Waals surface area contributed by atoms with E-state index in [2.05, 4.69) is 5.32 Å². The van der Waals surface area contributed by atoms with Gasteiger partial charge >= 0.3 is 6.03 Å². The molecule has 0 unspecified atom stereocenters. The summed E-state index contributed by atoms with van der Waals surface area (Å²) in [7, 11) is 0. The Morgan fingerprint density at radius 2 is 2.00 bits per heavy atom. The van der Waals surface area contributed by atoms with Gasteiger partial charge in [-0.2, -0.15) is 0 Å². The van der Waals surface area contributed by atoms with Crippen molar-refractivity contribution in [3.05, 3.63) is 0 Å². The van der Waals surface area contributed by atoms with Crippen molar-refractivity contribution in [1.82, 2.24) is 10.2 Å². The van der Waals surface area contributed by atoms with Crippen molar-refractivity contribution >= 4 is 17.8 Å². The molecule has 0 aromatic heterocycles. The van der Waals surface area contributed by atoms with Crippen LogP contribution in [0.3, 0.4) is 0 Å². The van der Waals surface area contributed by atoms with Crippen LogP contribution in [0, 0.1) is 5.41 Å². The summed E-state index contributed by atoms with van der Waals surface area (Å²) in [5.41, 5.74) is -0.914. The molecule has 0 atom stereocenters. The lowest BCUT2D eigenvalue weighted by Gasteiger charge is -2.44. The van der Waals surface area contributed by atoms with Crippen molar-refractivity contribution in [3.63, 3.8) is 0 Å². The number of rotatable bonds is 2. The average molecular weight is 210 g/mol. The van der Waals surface area contributed by atoms with E-state index < -0.39 is 17.4 Å². The summed E-state index contributed by atoms with van der Waals surface area (Å²) in [6.45, 7) is 2.28. The van der Waals surface area contributed by atoms with Gasteiger partial charge in [0, 0.05) is 6.54 Å². The van der Waals surface area contributed by atoms with Crippen LogP contribution in [-0.4, -0.2) is 29.3 Å². The number of carbonyl (C=O) groups is 3. The van der Waals surface area contributed by atoms with E-state index in [-0.39, 0.29) is 5.91 Å². The van der Waals surface area contributed by atoms with Crippen LogP contribution in [0.5, 0.6) is 0 Å². The van der Waals surface area contributed by atoms with Gasteiger partial charge in [0.05, 0.1) is 0 Å². The average Bonchev–Trinajstić information content (AvgIpc) is 2.09. The number of hydrogen-bond acceptors (Lipinski definition) is 3. The Morgan fingerprint density at radius 1 is 1.33 bits per heavy atom. The molecular weight excluding hydrogens is 196 g/mol. The van der Waals surface area contributed by atoms with Crippen LogP contribution in [-0.2, 0) is 9.59 Å². The van der Waals surface area contributed by atoms with E-state index in [1.807, 2.05) is 6.92 Å². The fraction of sp³-hybridized carbons (Fsp3) is 0.700. The molecule has 1 saturated heterocycles. The number of nitrogens with zero attached hydrogens (tertiary/aromatic N) is 1. The molecule has 1 N–H and O–H groups in total. The Balaban J connectivity index is 2.25. The highest BCUT2D eigenvalue weighted by atomic mass is 16.2. The van der Waals surface area contributed by atoms with Crippen LogP contribution >= 0.6 is 0 Å². The number of imide groups is 2. The molecular formula is C10H14N2O3. The SMILES string of the molecule is CCCN1C(=O)NC(=O)C2(CCC2)C1=O. The van der Waals surface area contributed by atoms with E-state index in [0.717, 1.165) is 6.42 Å². The molecule has 0 radical (unpaired) electrons. The standard InChI is InChI=1S/C10H14N2O3/c1-2-6-12-8(14)10(4-3-5-10)7(13)11-9(12)15/h2-6H2,1H3,(H,11,13,15). The van der Waals surface area contributed by atoms with Crippen molar-refractivity contribution in [2.24, 2.45) is 5.41 Å². The Bertz CT molecular complexity index is 334. The molecule has 5 nitrogen and oxygen atoms in total. The van der Waals surface area contributed by atoms with Crippen molar-refractivity contribution in [3.8, 4) is 0 Å². The largest absolute Gasteiger partial charge is 0.330 e. The molecule has 0 aromatic carbocycles. The van der Waals surface area contributed by atoms with Crippen molar-refractivity contribution in [2.45, 2.75) is 32.6 Å². The number of carbonyl (C=O) groups excluding carboxylic acids is 3. The Morgan fingerprint density at radius 3 is 2.47 bits per heavy atom. The molecule has 2 aliphatic rings. The van der Waals surface area contributed by atoms with Crippen molar-refractivity contribution in [1.29, 1.82) is 0 Å². The van der Waals surface area contributed by atoms with Gasteiger partial charge in [0.25, 0.3) is 0 Å². The van der Waals surface area contributed by atoms with E-state index in [4.69, 9.17) is 0 Å². The van der Waals surface area contributed by atoms with Crippen LogP contribution in [0.25, 0.3) is 0 Å². The molecule has 4 amide bonds. The third kappa shape index (κ3) is 1.26. The van der Waals surface area contributed by atoms with E-state index in [1.165, 1.54) is 4.90 Å². The van der Waals surface area contributed by atoms with Gasteiger partial charge in [-0.1, -0.05) is 13.3 Å². The first kappa shape index (κ1) is 10.1. The molecule has 2 rings (SSSR count). The summed E-state index contributed by atoms with van der Waals surface area (Å²) in [6, 6.07) is -0.565. The molecule has 5 heteroatoms.